The Kier molecular flexibility index (Phi) is 1.77. The molecule has 13 heavy (non-hydrogen) atoms. The first-order valence-electron chi connectivity index (χ1n) is 3.97. The van der Waals surface area contributed by atoms with E-state index >= 15 is 0 Å². The number of fused-ring (bicyclic) bond motifs is 1. The molecule has 4 heteroatoms. The van der Waals surface area contributed by atoms with Crippen molar-refractivity contribution in [2.75, 3.05) is 0 Å². The van der Waals surface area contributed by atoms with Crippen LogP contribution in [0.2, 0.25) is 0 Å². The lowest BCUT2D eigenvalue weighted by atomic mass is 10.3. The van der Waals surface area contributed by atoms with Crippen LogP contribution in [0.1, 0.15) is 11.4 Å². The molecule has 0 aromatic carbocycles. The number of aliphatic hydroxyl groups is 1. The predicted molar refractivity (Wildman–Crippen MR) is 45.8 cm³/mol. The van der Waals surface area contributed by atoms with Crippen molar-refractivity contribution < 1.29 is 9.50 Å². The zero-order valence-electron chi connectivity index (χ0n) is 7.16. The maximum absolute atomic E-state index is 13.2. The van der Waals surface area contributed by atoms with Gasteiger partial charge in [0.2, 0.25) is 0 Å². The molecule has 3 nitrogen and oxygen atoms in total. The molecular weight excluding hydrogens is 171 g/mol. The molecule has 2 aromatic rings. The fraction of sp³-hybridized carbons (Fsp3) is 0.222. The standard InChI is InChI=1S/C9H9FN2O/c1-6-7(5-13)11-9-4-2-3-8(10)12(6)9/h2-4,13H,5H2,1H3. The highest BCUT2D eigenvalue weighted by Gasteiger charge is 2.09. The molecule has 0 aliphatic carbocycles. The van der Waals surface area contributed by atoms with Crippen LogP contribution in [0, 0.1) is 12.9 Å². The lowest BCUT2D eigenvalue weighted by Gasteiger charge is -1.97. The highest BCUT2D eigenvalue weighted by Crippen LogP contribution is 2.13. The number of aromatic nitrogens is 2. The van der Waals surface area contributed by atoms with Gasteiger partial charge in [0.25, 0.3) is 0 Å². The minimum Gasteiger partial charge on any atom is -0.390 e. The van der Waals surface area contributed by atoms with Gasteiger partial charge in [-0.1, -0.05) is 6.07 Å². The molecule has 0 radical (unpaired) electrons. The third-order valence-corrected chi connectivity index (χ3v) is 2.07. The summed E-state index contributed by atoms with van der Waals surface area (Å²) in [4.78, 5) is 4.06. The van der Waals surface area contributed by atoms with Gasteiger partial charge in [-0.3, -0.25) is 4.40 Å². The predicted octanol–water partition coefficient (Wildman–Crippen LogP) is 1.27. The Morgan fingerprint density at radius 3 is 2.92 bits per heavy atom. The van der Waals surface area contributed by atoms with Crippen molar-refractivity contribution in [3.63, 3.8) is 0 Å². The van der Waals surface area contributed by atoms with E-state index in [1.165, 1.54) is 10.5 Å². The van der Waals surface area contributed by atoms with E-state index in [0.29, 0.717) is 17.0 Å². The molecule has 0 unspecified atom stereocenters. The number of nitrogens with zero attached hydrogens (tertiary/aromatic N) is 2. The summed E-state index contributed by atoms with van der Waals surface area (Å²) in [5, 5.41) is 8.91. The molecule has 2 rings (SSSR count). The topological polar surface area (TPSA) is 37.5 Å². The van der Waals surface area contributed by atoms with Gasteiger partial charge in [0, 0.05) is 5.69 Å². The van der Waals surface area contributed by atoms with E-state index in [1.807, 2.05) is 0 Å². The number of imidazole rings is 1. The highest BCUT2D eigenvalue weighted by atomic mass is 19.1. The number of pyridine rings is 1. The Labute approximate surface area is 74.5 Å². The molecule has 2 heterocycles. The summed E-state index contributed by atoms with van der Waals surface area (Å²) in [6.07, 6.45) is 0. The summed E-state index contributed by atoms with van der Waals surface area (Å²) in [7, 11) is 0. The molecule has 0 bridgehead atoms. The normalized spacial score (nSPS) is 11.0. The smallest absolute Gasteiger partial charge is 0.199 e. The SMILES string of the molecule is Cc1c(CO)nc2cccc(F)n12. The third kappa shape index (κ3) is 1.10. The number of aryl methyl sites for hydroxylation is 1. The lowest BCUT2D eigenvalue weighted by Crippen LogP contribution is -1.94. The van der Waals surface area contributed by atoms with Crippen molar-refractivity contribution >= 4 is 5.65 Å². The monoisotopic (exact) mass is 180 g/mol. The van der Waals surface area contributed by atoms with Crippen molar-refractivity contribution in [3.05, 3.63) is 35.5 Å². The zero-order valence-corrected chi connectivity index (χ0v) is 7.16. The van der Waals surface area contributed by atoms with E-state index in [9.17, 15) is 4.39 Å². The summed E-state index contributed by atoms with van der Waals surface area (Å²) < 4.78 is 14.6. The Hall–Kier alpha value is -1.42. The van der Waals surface area contributed by atoms with E-state index in [2.05, 4.69) is 4.98 Å². The minimum absolute atomic E-state index is 0.160. The molecule has 0 spiro atoms. The molecule has 1 N–H and O–H groups in total. The van der Waals surface area contributed by atoms with Gasteiger partial charge >= 0.3 is 0 Å². The van der Waals surface area contributed by atoms with Crippen LogP contribution in [0.3, 0.4) is 0 Å². The molecule has 2 aromatic heterocycles. The average Bonchev–Trinajstić information content (AvgIpc) is 2.44. The van der Waals surface area contributed by atoms with Gasteiger partial charge in [-0.2, -0.15) is 4.39 Å². The third-order valence-electron chi connectivity index (χ3n) is 2.07. The second-order valence-corrected chi connectivity index (χ2v) is 2.84. The molecule has 0 aliphatic rings. The summed E-state index contributed by atoms with van der Waals surface area (Å²) in [6.45, 7) is 1.57. The van der Waals surface area contributed by atoms with Crippen LogP contribution in [0.15, 0.2) is 18.2 Å². The fourth-order valence-corrected chi connectivity index (χ4v) is 1.39. The van der Waals surface area contributed by atoms with E-state index in [0.717, 1.165) is 0 Å². The Morgan fingerprint density at radius 2 is 2.31 bits per heavy atom. The molecule has 0 saturated carbocycles. The number of hydrogen-bond acceptors (Lipinski definition) is 2. The number of hydrogen-bond donors (Lipinski definition) is 1. The molecule has 0 fully saturated rings. The summed E-state index contributed by atoms with van der Waals surface area (Å²) in [6, 6.07) is 4.66. The summed E-state index contributed by atoms with van der Waals surface area (Å²) in [5.41, 5.74) is 1.70. The van der Waals surface area contributed by atoms with Crippen molar-refractivity contribution in [1.82, 2.24) is 9.38 Å². The van der Waals surface area contributed by atoms with Gasteiger partial charge in [-0.15, -0.1) is 0 Å². The van der Waals surface area contributed by atoms with Crippen molar-refractivity contribution in [1.29, 1.82) is 0 Å². The maximum Gasteiger partial charge on any atom is 0.199 e. The first kappa shape index (κ1) is 8.19. The van der Waals surface area contributed by atoms with E-state index in [-0.39, 0.29) is 12.6 Å². The second-order valence-electron chi connectivity index (χ2n) is 2.84. The largest absolute Gasteiger partial charge is 0.390 e. The van der Waals surface area contributed by atoms with Crippen molar-refractivity contribution in [2.45, 2.75) is 13.5 Å². The van der Waals surface area contributed by atoms with Crippen LogP contribution in [-0.4, -0.2) is 14.5 Å². The molecule has 0 amide bonds. The van der Waals surface area contributed by atoms with Gasteiger partial charge in [-0.25, -0.2) is 4.98 Å². The maximum atomic E-state index is 13.2. The van der Waals surface area contributed by atoms with Crippen LogP contribution in [-0.2, 0) is 6.61 Å². The molecule has 68 valence electrons. The van der Waals surface area contributed by atoms with Crippen LogP contribution >= 0.6 is 0 Å². The Morgan fingerprint density at radius 1 is 1.54 bits per heavy atom. The lowest BCUT2D eigenvalue weighted by molar-refractivity contribution is 0.276. The van der Waals surface area contributed by atoms with Crippen LogP contribution < -0.4 is 0 Å². The Bertz CT molecular complexity index is 450. The molecule has 0 aliphatic heterocycles. The number of rotatable bonds is 1. The van der Waals surface area contributed by atoms with Crippen LogP contribution in [0.25, 0.3) is 5.65 Å². The Balaban J connectivity index is 2.85. The molecule has 0 saturated heterocycles. The molecule has 0 atom stereocenters. The minimum atomic E-state index is -0.359. The first-order chi connectivity index (χ1) is 6.24. The summed E-state index contributed by atoms with van der Waals surface area (Å²) >= 11 is 0. The number of aliphatic hydroxyl groups excluding tert-OH is 1. The van der Waals surface area contributed by atoms with E-state index in [4.69, 9.17) is 5.11 Å². The van der Waals surface area contributed by atoms with Gasteiger partial charge < -0.3 is 5.11 Å². The second kappa shape index (κ2) is 2.81. The van der Waals surface area contributed by atoms with E-state index < -0.39 is 0 Å². The van der Waals surface area contributed by atoms with Crippen LogP contribution in [0.5, 0.6) is 0 Å². The van der Waals surface area contributed by atoms with Crippen LogP contribution in [0.4, 0.5) is 4.39 Å². The van der Waals surface area contributed by atoms with E-state index in [1.54, 1.807) is 19.1 Å². The van der Waals surface area contributed by atoms with Gasteiger partial charge in [0.15, 0.2) is 5.95 Å². The van der Waals surface area contributed by atoms with Crippen molar-refractivity contribution in [2.24, 2.45) is 0 Å². The van der Waals surface area contributed by atoms with Crippen molar-refractivity contribution in [3.8, 4) is 0 Å². The van der Waals surface area contributed by atoms with Gasteiger partial charge in [-0.05, 0) is 19.1 Å². The first-order valence-corrected chi connectivity index (χ1v) is 3.97. The quantitative estimate of drug-likeness (QED) is 0.671. The van der Waals surface area contributed by atoms with Gasteiger partial charge in [0.1, 0.15) is 5.65 Å². The fourth-order valence-electron chi connectivity index (χ4n) is 1.39. The molecular formula is C9H9FN2O. The summed E-state index contributed by atoms with van der Waals surface area (Å²) in [5.74, 6) is -0.359. The van der Waals surface area contributed by atoms with Gasteiger partial charge in [0.05, 0.1) is 12.3 Å². The zero-order chi connectivity index (χ0) is 9.42. The average molecular weight is 180 g/mol. The number of halogens is 1. The highest BCUT2D eigenvalue weighted by molar-refractivity contribution is 5.42.